The van der Waals surface area contributed by atoms with Crippen LogP contribution in [0.3, 0.4) is 0 Å². The second kappa shape index (κ2) is 9.78. The van der Waals surface area contributed by atoms with Crippen LogP contribution >= 0.6 is 0 Å². The van der Waals surface area contributed by atoms with Crippen molar-refractivity contribution in [3.8, 4) is 33.4 Å². The Bertz CT molecular complexity index is 1940. The molecule has 200 valence electrons. The third-order valence-electron chi connectivity index (χ3n) is 9.02. The molecule has 0 aromatic heterocycles. The molecule has 41 heavy (non-hydrogen) atoms. The van der Waals surface area contributed by atoms with Crippen molar-refractivity contribution in [1.82, 2.24) is 0 Å². The van der Waals surface area contributed by atoms with Crippen molar-refractivity contribution in [2.24, 2.45) is 0 Å². The molecule has 1 nitrogen and oxygen atoms in total. The Morgan fingerprint density at radius 1 is 0.561 bits per heavy atom. The number of rotatable bonds is 5. The van der Waals surface area contributed by atoms with Crippen LogP contribution in [-0.4, -0.2) is 0 Å². The first-order valence-corrected chi connectivity index (χ1v) is 14.7. The molecule has 0 bridgehead atoms. The minimum absolute atomic E-state index is 0.0220. The number of hydrogen-bond acceptors (Lipinski definition) is 1. The molecule has 6 aromatic carbocycles. The van der Waals surface area contributed by atoms with Crippen LogP contribution in [0.25, 0.3) is 44.2 Å². The van der Waals surface area contributed by atoms with Gasteiger partial charge in [-0.15, -0.1) is 0 Å². The van der Waals surface area contributed by atoms with Gasteiger partial charge >= 0.3 is 0 Å². The predicted octanol–water partition coefficient (Wildman–Crippen LogP) is 11.1. The van der Waals surface area contributed by atoms with E-state index in [0.29, 0.717) is 0 Å². The SMILES string of the molecule is CCc1cccc(-c2ccc(Nc3ccc4c(c3)C(C)(C)c3ccccc3-4)c3ccccc23)c1-c1ccccc1C. The fraction of sp³-hybridized carbons (Fsp3) is 0.150. The number of nitrogens with one attached hydrogen (secondary N) is 1. The van der Waals surface area contributed by atoms with Crippen molar-refractivity contribution in [2.75, 3.05) is 5.32 Å². The summed E-state index contributed by atoms with van der Waals surface area (Å²) in [4.78, 5) is 0. The van der Waals surface area contributed by atoms with Crippen LogP contribution in [0.5, 0.6) is 0 Å². The molecule has 1 N–H and O–H groups in total. The molecule has 0 saturated carbocycles. The van der Waals surface area contributed by atoms with E-state index in [0.717, 1.165) is 17.8 Å². The second-order valence-electron chi connectivity index (χ2n) is 11.8. The van der Waals surface area contributed by atoms with E-state index in [9.17, 15) is 0 Å². The van der Waals surface area contributed by atoms with Gasteiger partial charge in [0.15, 0.2) is 0 Å². The van der Waals surface area contributed by atoms with Gasteiger partial charge < -0.3 is 5.32 Å². The van der Waals surface area contributed by atoms with Gasteiger partial charge in [0.1, 0.15) is 0 Å². The first-order chi connectivity index (χ1) is 20.0. The van der Waals surface area contributed by atoms with Crippen LogP contribution in [0.4, 0.5) is 11.4 Å². The van der Waals surface area contributed by atoms with Gasteiger partial charge in [-0.3, -0.25) is 0 Å². The van der Waals surface area contributed by atoms with Crippen LogP contribution in [0, 0.1) is 6.92 Å². The Morgan fingerprint density at radius 2 is 1.22 bits per heavy atom. The summed E-state index contributed by atoms with van der Waals surface area (Å²) in [7, 11) is 0. The minimum Gasteiger partial charge on any atom is -0.355 e. The largest absolute Gasteiger partial charge is 0.355 e. The summed E-state index contributed by atoms with van der Waals surface area (Å²) in [5.74, 6) is 0. The second-order valence-corrected chi connectivity index (χ2v) is 11.8. The normalized spacial score (nSPS) is 13.2. The summed E-state index contributed by atoms with van der Waals surface area (Å²) >= 11 is 0. The summed E-state index contributed by atoms with van der Waals surface area (Å²) < 4.78 is 0. The average molecular weight is 530 g/mol. The standard InChI is InChI=1S/C40H35N/c1-5-27-14-12-19-35(39(27)29-15-7-6-13-26(29)2)31-23-24-38(34-18-9-8-16-30(31)34)41-28-21-22-33-32-17-10-11-20-36(32)40(3,4)37(33)25-28/h6-25,41H,5H2,1-4H3. The van der Waals surface area contributed by atoms with Crippen molar-refractivity contribution in [3.63, 3.8) is 0 Å². The van der Waals surface area contributed by atoms with E-state index in [1.54, 1.807) is 0 Å². The zero-order chi connectivity index (χ0) is 28.1. The lowest BCUT2D eigenvalue weighted by molar-refractivity contribution is 0.660. The van der Waals surface area contributed by atoms with Crippen molar-refractivity contribution in [3.05, 3.63) is 144 Å². The zero-order valence-electron chi connectivity index (χ0n) is 24.3. The fourth-order valence-electron chi connectivity index (χ4n) is 6.87. The highest BCUT2D eigenvalue weighted by Crippen LogP contribution is 2.49. The van der Waals surface area contributed by atoms with Gasteiger partial charge in [-0.25, -0.2) is 0 Å². The molecule has 0 heterocycles. The van der Waals surface area contributed by atoms with Crippen LogP contribution < -0.4 is 5.32 Å². The first kappa shape index (κ1) is 25.4. The summed E-state index contributed by atoms with van der Waals surface area (Å²) in [6.07, 6.45) is 0.994. The Balaban J connectivity index is 1.34. The molecule has 0 amide bonds. The van der Waals surface area contributed by atoms with Gasteiger partial charge in [0.2, 0.25) is 0 Å². The van der Waals surface area contributed by atoms with Gasteiger partial charge in [-0.1, -0.05) is 124 Å². The Morgan fingerprint density at radius 3 is 2.02 bits per heavy atom. The molecule has 0 saturated heterocycles. The van der Waals surface area contributed by atoms with Crippen LogP contribution in [0.1, 0.15) is 43.0 Å². The van der Waals surface area contributed by atoms with Gasteiger partial charge in [0.05, 0.1) is 0 Å². The molecular formula is C40H35N. The Hall–Kier alpha value is -4.62. The highest BCUT2D eigenvalue weighted by atomic mass is 14.9. The molecule has 0 radical (unpaired) electrons. The van der Waals surface area contributed by atoms with Crippen LogP contribution in [0.2, 0.25) is 0 Å². The van der Waals surface area contributed by atoms with E-state index < -0.39 is 0 Å². The minimum atomic E-state index is -0.0220. The quantitative estimate of drug-likeness (QED) is 0.234. The summed E-state index contributed by atoms with van der Waals surface area (Å²) in [6, 6.07) is 44.6. The molecule has 7 rings (SSSR count). The number of fused-ring (bicyclic) bond motifs is 4. The van der Waals surface area contributed by atoms with Crippen LogP contribution in [-0.2, 0) is 11.8 Å². The van der Waals surface area contributed by atoms with Gasteiger partial charge in [-0.2, -0.15) is 0 Å². The smallest absolute Gasteiger partial charge is 0.0464 e. The van der Waals surface area contributed by atoms with Crippen molar-refractivity contribution in [1.29, 1.82) is 0 Å². The van der Waals surface area contributed by atoms with Crippen molar-refractivity contribution >= 4 is 22.1 Å². The van der Waals surface area contributed by atoms with Crippen molar-refractivity contribution in [2.45, 2.75) is 39.5 Å². The van der Waals surface area contributed by atoms with E-state index in [4.69, 9.17) is 0 Å². The number of aryl methyl sites for hydroxylation is 2. The molecule has 0 atom stereocenters. The highest BCUT2D eigenvalue weighted by molar-refractivity contribution is 6.07. The van der Waals surface area contributed by atoms with E-state index >= 15 is 0 Å². The van der Waals surface area contributed by atoms with E-state index in [-0.39, 0.29) is 5.41 Å². The number of anilines is 2. The van der Waals surface area contributed by atoms with E-state index in [1.807, 2.05) is 0 Å². The topological polar surface area (TPSA) is 12.0 Å². The maximum absolute atomic E-state index is 3.80. The monoisotopic (exact) mass is 529 g/mol. The molecule has 6 aromatic rings. The molecule has 1 aliphatic carbocycles. The zero-order valence-corrected chi connectivity index (χ0v) is 24.3. The molecule has 0 aliphatic heterocycles. The van der Waals surface area contributed by atoms with Gasteiger partial charge in [-0.05, 0) is 92.6 Å². The lowest BCUT2D eigenvalue weighted by Crippen LogP contribution is -2.15. The highest BCUT2D eigenvalue weighted by Gasteiger charge is 2.35. The molecule has 1 aliphatic rings. The maximum Gasteiger partial charge on any atom is 0.0464 e. The molecule has 1 heteroatoms. The fourth-order valence-corrected chi connectivity index (χ4v) is 6.87. The number of hydrogen-bond donors (Lipinski definition) is 1. The van der Waals surface area contributed by atoms with E-state index in [2.05, 4.69) is 154 Å². The van der Waals surface area contributed by atoms with Crippen molar-refractivity contribution < 1.29 is 0 Å². The Kier molecular flexibility index (Phi) is 6.05. The lowest BCUT2D eigenvalue weighted by atomic mass is 9.82. The maximum atomic E-state index is 3.80. The molecule has 0 unspecified atom stereocenters. The lowest BCUT2D eigenvalue weighted by Gasteiger charge is -2.22. The summed E-state index contributed by atoms with van der Waals surface area (Å²) in [6.45, 7) is 9.14. The molecular weight excluding hydrogens is 494 g/mol. The Labute approximate surface area is 243 Å². The predicted molar refractivity (Wildman–Crippen MR) is 176 cm³/mol. The molecule has 0 fully saturated rings. The summed E-state index contributed by atoms with van der Waals surface area (Å²) in [5.41, 5.74) is 15.6. The third-order valence-corrected chi connectivity index (χ3v) is 9.02. The first-order valence-electron chi connectivity index (χ1n) is 14.7. The average Bonchev–Trinajstić information content (AvgIpc) is 3.23. The number of benzene rings is 6. The van der Waals surface area contributed by atoms with Gasteiger partial charge in [0, 0.05) is 22.2 Å². The van der Waals surface area contributed by atoms with Gasteiger partial charge in [0.25, 0.3) is 0 Å². The third kappa shape index (κ3) is 4.07. The van der Waals surface area contributed by atoms with Crippen LogP contribution in [0.15, 0.2) is 121 Å². The summed E-state index contributed by atoms with van der Waals surface area (Å²) in [5, 5.41) is 6.28. The molecule has 0 spiro atoms. The van der Waals surface area contributed by atoms with E-state index in [1.165, 1.54) is 66.4 Å².